The van der Waals surface area contributed by atoms with Gasteiger partial charge in [-0.2, -0.15) is 5.10 Å². The van der Waals surface area contributed by atoms with Crippen LogP contribution < -0.4 is 5.56 Å². The van der Waals surface area contributed by atoms with Crippen molar-refractivity contribution in [2.45, 2.75) is 32.6 Å². The van der Waals surface area contributed by atoms with Crippen molar-refractivity contribution in [2.75, 3.05) is 13.1 Å². The number of rotatable bonds is 4. The molecule has 1 saturated heterocycles. The second kappa shape index (κ2) is 8.19. The molecule has 0 spiro atoms. The Balaban J connectivity index is 1.42. The summed E-state index contributed by atoms with van der Waals surface area (Å²) in [4.78, 5) is 27.3. The van der Waals surface area contributed by atoms with Crippen molar-refractivity contribution < 1.29 is 4.79 Å². The maximum absolute atomic E-state index is 13.1. The highest BCUT2D eigenvalue weighted by molar-refractivity contribution is 6.04. The largest absolute Gasteiger partial charge is 0.337 e. The lowest BCUT2D eigenvalue weighted by molar-refractivity contribution is 0.0680. The smallest absolute Gasteiger partial charge is 0.274 e. The average molecular weight is 389 g/mol. The van der Waals surface area contributed by atoms with Crippen molar-refractivity contribution in [1.82, 2.24) is 14.7 Å². The highest BCUT2D eigenvalue weighted by Crippen LogP contribution is 2.24. The van der Waals surface area contributed by atoms with E-state index in [1.165, 1.54) is 15.8 Å². The Hall–Kier alpha value is -2.95. The third kappa shape index (κ3) is 4.09. The number of hydrogen-bond acceptors (Lipinski definition) is 3. The van der Waals surface area contributed by atoms with Gasteiger partial charge in [0, 0.05) is 25.5 Å². The zero-order chi connectivity index (χ0) is 20.4. The average Bonchev–Trinajstić information content (AvgIpc) is 2.76. The number of aryl methyl sites for hydroxylation is 3. The van der Waals surface area contributed by atoms with Crippen LogP contribution in [0, 0.1) is 12.8 Å². The number of carbonyl (C=O) groups is 1. The first-order chi connectivity index (χ1) is 14.0. The summed E-state index contributed by atoms with van der Waals surface area (Å²) in [6.07, 6.45) is 4.28. The third-order valence-electron chi connectivity index (χ3n) is 6.02. The second-order valence-corrected chi connectivity index (χ2v) is 8.08. The zero-order valence-corrected chi connectivity index (χ0v) is 17.1. The zero-order valence-electron chi connectivity index (χ0n) is 17.1. The van der Waals surface area contributed by atoms with Crippen LogP contribution in [0.3, 0.4) is 0 Å². The number of amides is 1. The molecule has 2 aromatic carbocycles. The number of hydrogen-bond donors (Lipinski definition) is 0. The first-order valence-corrected chi connectivity index (χ1v) is 10.3. The normalized spacial score (nSPS) is 15.0. The van der Waals surface area contributed by atoms with Gasteiger partial charge in [0.1, 0.15) is 0 Å². The predicted molar refractivity (Wildman–Crippen MR) is 115 cm³/mol. The summed E-state index contributed by atoms with van der Waals surface area (Å²) in [6.45, 7) is 3.60. The molecule has 0 unspecified atom stereocenters. The number of nitrogens with zero attached hydrogens (tertiary/aromatic N) is 3. The van der Waals surface area contributed by atoms with Gasteiger partial charge in [0.2, 0.25) is 0 Å². The minimum atomic E-state index is -0.174. The van der Waals surface area contributed by atoms with Crippen LogP contribution >= 0.6 is 0 Å². The number of likely N-dealkylation sites (tertiary alicyclic amines) is 1. The number of carbonyl (C=O) groups excluding carboxylic acids is 1. The third-order valence-corrected chi connectivity index (χ3v) is 6.02. The molecule has 5 nitrogen and oxygen atoms in total. The fourth-order valence-corrected chi connectivity index (χ4v) is 4.16. The maximum Gasteiger partial charge on any atom is 0.274 e. The summed E-state index contributed by atoms with van der Waals surface area (Å²) in [5.74, 6) is 0.568. The summed E-state index contributed by atoms with van der Waals surface area (Å²) >= 11 is 0. The summed E-state index contributed by atoms with van der Waals surface area (Å²) < 4.78 is 1.27. The van der Waals surface area contributed by atoms with Crippen molar-refractivity contribution >= 4 is 16.7 Å². The van der Waals surface area contributed by atoms with Gasteiger partial charge in [-0.15, -0.1) is 0 Å². The molecule has 5 heteroatoms. The van der Waals surface area contributed by atoms with Crippen LogP contribution in [0.1, 0.15) is 40.9 Å². The van der Waals surface area contributed by atoms with Gasteiger partial charge in [0.25, 0.3) is 11.5 Å². The highest BCUT2D eigenvalue weighted by Gasteiger charge is 2.26. The summed E-state index contributed by atoms with van der Waals surface area (Å²) in [5, 5.41) is 5.47. The summed E-state index contributed by atoms with van der Waals surface area (Å²) in [6, 6.07) is 16.0. The Bertz CT molecular complexity index is 1080. The summed E-state index contributed by atoms with van der Waals surface area (Å²) in [5.41, 5.74) is 2.88. The van der Waals surface area contributed by atoms with E-state index in [0.717, 1.165) is 38.8 Å². The fourth-order valence-electron chi connectivity index (χ4n) is 4.16. The Kier molecular flexibility index (Phi) is 5.47. The minimum Gasteiger partial charge on any atom is -0.337 e. The van der Waals surface area contributed by atoms with Gasteiger partial charge in [0.15, 0.2) is 5.69 Å². The van der Waals surface area contributed by atoms with Gasteiger partial charge in [-0.25, -0.2) is 4.68 Å². The Morgan fingerprint density at radius 2 is 1.69 bits per heavy atom. The highest BCUT2D eigenvalue weighted by atomic mass is 16.2. The Morgan fingerprint density at radius 3 is 2.38 bits per heavy atom. The molecule has 29 heavy (non-hydrogen) atoms. The molecular formula is C24H27N3O2. The monoisotopic (exact) mass is 389 g/mol. The lowest BCUT2D eigenvalue weighted by Crippen LogP contribution is -2.40. The van der Waals surface area contributed by atoms with Crippen LogP contribution in [0.25, 0.3) is 10.8 Å². The van der Waals surface area contributed by atoms with E-state index in [2.05, 4.69) is 36.3 Å². The molecule has 1 aliphatic heterocycles. The SMILES string of the molecule is Cc1ccc(CCC2CCN(C(=O)c3nn(C)c(=O)c4ccccc34)CC2)cc1. The van der Waals surface area contributed by atoms with Crippen LogP contribution in [0.15, 0.2) is 53.3 Å². The van der Waals surface area contributed by atoms with Gasteiger partial charge in [0.05, 0.1) is 5.39 Å². The van der Waals surface area contributed by atoms with E-state index >= 15 is 0 Å². The molecule has 0 saturated carbocycles. The molecule has 150 valence electrons. The van der Waals surface area contributed by atoms with Gasteiger partial charge >= 0.3 is 0 Å². The van der Waals surface area contributed by atoms with E-state index in [1.807, 2.05) is 23.1 Å². The molecule has 1 amide bonds. The van der Waals surface area contributed by atoms with Crippen LogP contribution in [-0.4, -0.2) is 33.7 Å². The second-order valence-electron chi connectivity index (χ2n) is 8.08. The molecular weight excluding hydrogens is 362 g/mol. The molecule has 0 radical (unpaired) electrons. The van der Waals surface area contributed by atoms with E-state index in [4.69, 9.17) is 0 Å². The van der Waals surface area contributed by atoms with Crippen LogP contribution in [0.5, 0.6) is 0 Å². The van der Waals surface area contributed by atoms with Crippen LogP contribution in [-0.2, 0) is 13.5 Å². The van der Waals surface area contributed by atoms with E-state index < -0.39 is 0 Å². The number of piperidine rings is 1. The standard InChI is InChI=1S/C24H27N3O2/c1-17-7-9-18(10-8-17)11-12-19-13-15-27(16-14-19)24(29)22-20-5-3-4-6-21(20)23(28)26(2)25-22/h3-10,19H,11-16H2,1-2H3. The number of benzene rings is 2. The van der Waals surface area contributed by atoms with Crippen molar-refractivity contribution in [3.63, 3.8) is 0 Å². The molecule has 0 atom stereocenters. The molecule has 1 aromatic heterocycles. The molecule has 4 rings (SSSR count). The van der Waals surface area contributed by atoms with Gasteiger partial charge in [-0.3, -0.25) is 9.59 Å². The number of aromatic nitrogens is 2. The van der Waals surface area contributed by atoms with Crippen molar-refractivity contribution in [1.29, 1.82) is 0 Å². The molecule has 2 heterocycles. The molecule has 0 aliphatic carbocycles. The molecule has 1 aliphatic rings. The van der Waals surface area contributed by atoms with Crippen molar-refractivity contribution in [3.8, 4) is 0 Å². The Morgan fingerprint density at radius 1 is 1.03 bits per heavy atom. The van der Waals surface area contributed by atoms with Crippen molar-refractivity contribution in [2.24, 2.45) is 13.0 Å². The van der Waals surface area contributed by atoms with Gasteiger partial charge in [-0.1, -0.05) is 48.0 Å². The van der Waals surface area contributed by atoms with E-state index in [1.54, 1.807) is 13.1 Å². The van der Waals surface area contributed by atoms with Crippen LogP contribution in [0.4, 0.5) is 0 Å². The van der Waals surface area contributed by atoms with Crippen LogP contribution in [0.2, 0.25) is 0 Å². The summed E-state index contributed by atoms with van der Waals surface area (Å²) in [7, 11) is 1.60. The topological polar surface area (TPSA) is 55.2 Å². The van der Waals surface area contributed by atoms with E-state index in [-0.39, 0.29) is 11.5 Å². The minimum absolute atomic E-state index is 0.0752. The molecule has 3 aromatic rings. The van der Waals surface area contributed by atoms with Crippen molar-refractivity contribution in [3.05, 3.63) is 75.7 Å². The number of fused-ring (bicyclic) bond motifs is 1. The Labute approximate surface area is 171 Å². The molecule has 0 bridgehead atoms. The maximum atomic E-state index is 13.1. The van der Waals surface area contributed by atoms with E-state index in [9.17, 15) is 9.59 Å². The lowest BCUT2D eigenvalue weighted by atomic mass is 9.90. The molecule has 0 N–H and O–H groups in total. The quantitative estimate of drug-likeness (QED) is 0.683. The van der Waals surface area contributed by atoms with E-state index in [0.29, 0.717) is 22.4 Å². The van der Waals surface area contributed by atoms with Gasteiger partial charge in [-0.05, 0) is 50.2 Å². The molecule has 1 fully saturated rings. The predicted octanol–water partition coefficient (Wildman–Crippen LogP) is 3.73. The first kappa shape index (κ1) is 19.4. The first-order valence-electron chi connectivity index (χ1n) is 10.3. The fraction of sp³-hybridized carbons (Fsp3) is 0.375. The lowest BCUT2D eigenvalue weighted by Gasteiger charge is -2.32. The van der Waals surface area contributed by atoms with Gasteiger partial charge < -0.3 is 4.90 Å².